The van der Waals surface area contributed by atoms with Crippen molar-refractivity contribution in [3.8, 4) is 22.6 Å². The zero-order valence-corrected chi connectivity index (χ0v) is 33.7. The molecular formula is C46H48N2O10. The lowest BCUT2D eigenvalue weighted by molar-refractivity contribution is -0.140. The lowest BCUT2D eigenvalue weighted by Crippen LogP contribution is -2.19. The number of aryl methyl sites for hydroxylation is 2. The maximum absolute atomic E-state index is 13.9. The highest BCUT2D eigenvalue weighted by Gasteiger charge is 2.22. The summed E-state index contributed by atoms with van der Waals surface area (Å²) < 4.78 is 27.1. The topological polar surface area (TPSA) is 156 Å². The first kappa shape index (κ1) is 43.8. The van der Waals surface area contributed by atoms with E-state index in [1.54, 1.807) is 13.0 Å². The third kappa shape index (κ3) is 11.8. The second-order valence-electron chi connectivity index (χ2n) is 13.4. The van der Waals surface area contributed by atoms with Crippen molar-refractivity contribution in [3.05, 3.63) is 143 Å². The van der Waals surface area contributed by atoms with Gasteiger partial charge in [0.2, 0.25) is 0 Å². The van der Waals surface area contributed by atoms with Crippen LogP contribution in [0.5, 0.6) is 11.5 Å². The summed E-state index contributed by atoms with van der Waals surface area (Å²) in [5.41, 5.74) is 6.33. The molecule has 0 unspecified atom stereocenters. The van der Waals surface area contributed by atoms with E-state index in [2.05, 4.69) is 42.5 Å². The monoisotopic (exact) mass is 788 g/mol. The van der Waals surface area contributed by atoms with Gasteiger partial charge in [-0.05, 0) is 130 Å². The third-order valence-electron chi connectivity index (χ3n) is 8.63. The molecule has 0 aliphatic rings. The molecule has 302 valence electrons. The summed E-state index contributed by atoms with van der Waals surface area (Å²) in [6.45, 7) is 21.8. The Kier molecular flexibility index (Phi) is 15.3. The van der Waals surface area contributed by atoms with Crippen LogP contribution >= 0.6 is 0 Å². The molecule has 0 aromatic heterocycles. The predicted octanol–water partition coefficient (Wildman–Crippen LogP) is 9.19. The SMILES string of the molecule is C=C(C)C(=C)OCCOC(=O)c1ccc(Oc2ccc(C(=O)OCCOC(=O)C(=C)C)c(C(C)=O)c2)cc1C(=O)Nc1ccc(-c2ccc(NCC)cc2C)c(C)c1. The van der Waals surface area contributed by atoms with Crippen molar-refractivity contribution in [2.75, 3.05) is 43.6 Å². The number of anilines is 2. The molecule has 0 radical (unpaired) electrons. The number of benzene rings is 4. The molecule has 12 heteroatoms. The molecule has 0 atom stereocenters. The van der Waals surface area contributed by atoms with Gasteiger partial charge in [-0.3, -0.25) is 9.59 Å². The zero-order chi connectivity index (χ0) is 42.5. The Hall–Kier alpha value is -6.95. The maximum Gasteiger partial charge on any atom is 0.339 e. The van der Waals surface area contributed by atoms with Gasteiger partial charge in [0.1, 0.15) is 43.7 Å². The summed E-state index contributed by atoms with van der Waals surface area (Å²) >= 11 is 0. The molecule has 0 fully saturated rings. The van der Waals surface area contributed by atoms with Gasteiger partial charge in [-0.25, -0.2) is 14.4 Å². The van der Waals surface area contributed by atoms with Gasteiger partial charge in [0, 0.05) is 29.1 Å². The van der Waals surface area contributed by atoms with Crippen LogP contribution in [0.15, 0.2) is 109 Å². The molecule has 12 nitrogen and oxygen atoms in total. The summed E-state index contributed by atoms with van der Waals surface area (Å²) in [4.78, 5) is 64.3. The van der Waals surface area contributed by atoms with Crippen molar-refractivity contribution in [2.45, 2.75) is 41.5 Å². The van der Waals surface area contributed by atoms with Crippen LogP contribution in [0.25, 0.3) is 11.1 Å². The minimum atomic E-state index is -0.806. The minimum Gasteiger partial charge on any atom is -0.490 e. The first-order valence-electron chi connectivity index (χ1n) is 18.5. The van der Waals surface area contributed by atoms with Gasteiger partial charge < -0.3 is 34.3 Å². The van der Waals surface area contributed by atoms with Crippen LogP contribution in [-0.2, 0) is 23.7 Å². The van der Waals surface area contributed by atoms with E-state index in [1.807, 2.05) is 39.0 Å². The van der Waals surface area contributed by atoms with Gasteiger partial charge in [-0.15, -0.1) is 0 Å². The van der Waals surface area contributed by atoms with Gasteiger partial charge in [0.15, 0.2) is 5.78 Å². The lowest BCUT2D eigenvalue weighted by atomic mass is 9.95. The minimum absolute atomic E-state index is 0.0127. The Morgan fingerprint density at radius 2 is 1.07 bits per heavy atom. The number of ketones is 1. The Morgan fingerprint density at radius 1 is 0.569 bits per heavy atom. The Bertz CT molecular complexity index is 2270. The molecule has 1 amide bonds. The highest BCUT2D eigenvalue weighted by Crippen LogP contribution is 2.32. The number of amides is 1. The molecule has 0 saturated heterocycles. The third-order valence-corrected chi connectivity index (χ3v) is 8.63. The van der Waals surface area contributed by atoms with E-state index in [0.29, 0.717) is 17.0 Å². The second kappa shape index (κ2) is 20.3. The zero-order valence-electron chi connectivity index (χ0n) is 33.7. The van der Waals surface area contributed by atoms with Crippen LogP contribution in [0, 0.1) is 13.8 Å². The standard InChI is InChI=1S/C46H48N2O10/c1-10-47-33-11-15-37(29(6)23-33)38-16-12-34(24-30(38)7)48-43(50)42-26-36(14-18-40(42)46(53)56-20-19-54-32(9)27(2)3)58-35-13-17-39(41(25-35)31(8)49)45(52)57-22-21-55-44(51)28(4)5/h11-18,23-26,47H,2,4,9-10,19-22H2,1,3,5-8H3,(H,48,50). The Labute approximate surface area is 338 Å². The number of Topliss-reactive ketones (excluding diaryl/α,β-unsaturated/α-hetero) is 1. The smallest absolute Gasteiger partial charge is 0.339 e. The summed E-state index contributed by atoms with van der Waals surface area (Å²) in [5.74, 6) is -2.59. The molecule has 4 aromatic carbocycles. The van der Waals surface area contributed by atoms with E-state index in [4.69, 9.17) is 23.7 Å². The van der Waals surface area contributed by atoms with Gasteiger partial charge in [0.25, 0.3) is 5.91 Å². The first-order chi connectivity index (χ1) is 27.6. The van der Waals surface area contributed by atoms with Crippen molar-refractivity contribution in [1.82, 2.24) is 0 Å². The van der Waals surface area contributed by atoms with E-state index in [9.17, 15) is 24.0 Å². The van der Waals surface area contributed by atoms with Crippen LogP contribution in [0.2, 0.25) is 0 Å². The average Bonchev–Trinajstić information content (AvgIpc) is 3.18. The molecule has 0 bridgehead atoms. The van der Waals surface area contributed by atoms with E-state index >= 15 is 0 Å². The molecule has 4 rings (SSSR count). The Balaban J connectivity index is 1.59. The highest BCUT2D eigenvalue weighted by atomic mass is 16.6. The first-order valence-corrected chi connectivity index (χ1v) is 18.5. The van der Waals surface area contributed by atoms with E-state index < -0.39 is 29.6 Å². The van der Waals surface area contributed by atoms with Crippen LogP contribution in [0.1, 0.15) is 80.3 Å². The molecule has 0 heterocycles. The molecule has 58 heavy (non-hydrogen) atoms. The number of rotatable bonds is 19. The number of ether oxygens (including phenoxy) is 5. The number of nitrogens with one attached hydrogen (secondary N) is 2. The molecule has 0 aliphatic heterocycles. The van der Waals surface area contributed by atoms with Gasteiger partial charge >= 0.3 is 17.9 Å². The van der Waals surface area contributed by atoms with Gasteiger partial charge in [0.05, 0.1) is 16.7 Å². The molecule has 0 saturated carbocycles. The molecule has 4 aromatic rings. The van der Waals surface area contributed by atoms with Gasteiger partial charge in [-0.2, -0.15) is 0 Å². The number of carbonyl (C=O) groups is 5. The number of carbonyl (C=O) groups excluding carboxylic acids is 5. The normalized spacial score (nSPS) is 10.4. The second-order valence-corrected chi connectivity index (χ2v) is 13.4. The quantitative estimate of drug-likeness (QED) is 0.0178. The fraction of sp³-hybridized carbons (Fsp3) is 0.239. The number of hydrogen-bond acceptors (Lipinski definition) is 11. The fourth-order valence-electron chi connectivity index (χ4n) is 5.64. The number of allylic oxidation sites excluding steroid dienone is 1. The molecular weight excluding hydrogens is 741 g/mol. The number of esters is 3. The van der Waals surface area contributed by atoms with Gasteiger partial charge in [-0.1, -0.05) is 31.9 Å². The predicted molar refractivity (Wildman–Crippen MR) is 223 cm³/mol. The van der Waals surface area contributed by atoms with Crippen molar-refractivity contribution < 1.29 is 47.7 Å². The Morgan fingerprint density at radius 3 is 1.59 bits per heavy atom. The highest BCUT2D eigenvalue weighted by molar-refractivity contribution is 6.11. The van der Waals surface area contributed by atoms with E-state index in [0.717, 1.165) is 34.5 Å². The van der Waals surface area contributed by atoms with Crippen molar-refractivity contribution in [3.63, 3.8) is 0 Å². The fourth-order valence-corrected chi connectivity index (χ4v) is 5.64. The summed E-state index contributed by atoms with van der Waals surface area (Å²) in [5, 5.41) is 6.21. The van der Waals surface area contributed by atoms with Crippen molar-refractivity contribution >= 4 is 41.0 Å². The van der Waals surface area contributed by atoms with Crippen LogP contribution in [0.4, 0.5) is 11.4 Å². The van der Waals surface area contributed by atoms with Crippen molar-refractivity contribution in [2.24, 2.45) is 0 Å². The van der Waals surface area contributed by atoms with Crippen LogP contribution in [0.3, 0.4) is 0 Å². The number of hydrogen-bond donors (Lipinski definition) is 2. The molecule has 0 aliphatic carbocycles. The van der Waals surface area contributed by atoms with Crippen molar-refractivity contribution in [1.29, 1.82) is 0 Å². The molecule has 0 spiro atoms. The van der Waals surface area contributed by atoms with Crippen LogP contribution in [-0.4, -0.2) is 62.6 Å². The maximum atomic E-state index is 13.9. The lowest BCUT2D eigenvalue weighted by Gasteiger charge is -2.16. The molecule has 2 N–H and O–H groups in total. The summed E-state index contributed by atoms with van der Waals surface area (Å²) in [6, 6.07) is 20.2. The average molecular weight is 789 g/mol. The van der Waals surface area contributed by atoms with E-state index in [-0.39, 0.29) is 65.8 Å². The van der Waals surface area contributed by atoms with Crippen LogP contribution < -0.4 is 15.4 Å². The summed E-state index contributed by atoms with van der Waals surface area (Å²) in [6.07, 6.45) is 0. The van der Waals surface area contributed by atoms with E-state index in [1.165, 1.54) is 50.2 Å². The summed E-state index contributed by atoms with van der Waals surface area (Å²) in [7, 11) is 0. The largest absolute Gasteiger partial charge is 0.490 e.